The monoisotopic (exact) mass is 309 g/mol. The number of ether oxygens (including phenoxy) is 1. The van der Waals surface area contributed by atoms with Crippen molar-refractivity contribution in [3.8, 4) is 0 Å². The smallest absolute Gasteiger partial charge is 0.271 e. The Hall–Kier alpha value is -2.06. The summed E-state index contributed by atoms with van der Waals surface area (Å²) in [6.45, 7) is 4.79. The standard InChI is InChI=1S/C13H15N3O4S/c1-3-20-7-6-15-11-8-10(16(18)19)4-5-12(11)21-13(15)14-9(2)17/h4-5,8H,3,6-7H2,1-2H3. The summed E-state index contributed by atoms with van der Waals surface area (Å²) in [7, 11) is 0. The van der Waals surface area contributed by atoms with Crippen LogP contribution < -0.4 is 4.80 Å². The van der Waals surface area contributed by atoms with Gasteiger partial charge in [-0.25, -0.2) is 0 Å². The molecule has 112 valence electrons. The summed E-state index contributed by atoms with van der Waals surface area (Å²) in [5.41, 5.74) is 0.703. The fraction of sp³-hybridized carbons (Fsp3) is 0.385. The summed E-state index contributed by atoms with van der Waals surface area (Å²) in [4.78, 5) is 26.2. The summed E-state index contributed by atoms with van der Waals surface area (Å²) >= 11 is 1.33. The Labute approximate surface area is 124 Å². The zero-order valence-electron chi connectivity index (χ0n) is 11.7. The first-order valence-electron chi connectivity index (χ1n) is 6.43. The van der Waals surface area contributed by atoms with Gasteiger partial charge in [0.1, 0.15) is 0 Å². The van der Waals surface area contributed by atoms with Crippen molar-refractivity contribution < 1.29 is 14.5 Å². The molecular weight excluding hydrogens is 294 g/mol. The quantitative estimate of drug-likeness (QED) is 0.481. The summed E-state index contributed by atoms with van der Waals surface area (Å²) in [6, 6.07) is 4.62. The molecule has 21 heavy (non-hydrogen) atoms. The fourth-order valence-electron chi connectivity index (χ4n) is 1.91. The molecule has 0 unspecified atom stereocenters. The highest BCUT2D eigenvalue weighted by Gasteiger charge is 2.12. The van der Waals surface area contributed by atoms with E-state index >= 15 is 0 Å². The summed E-state index contributed by atoms with van der Waals surface area (Å²) in [5, 5.41) is 10.9. The van der Waals surface area contributed by atoms with Gasteiger partial charge in [-0.15, -0.1) is 0 Å². The lowest BCUT2D eigenvalue weighted by Gasteiger charge is -2.05. The van der Waals surface area contributed by atoms with Crippen molar-refractivity contribution in [2.45, 2.75) is 20.4 Å². The number of nitrogens with zero attached hydrogens (tertiary/aromatic N) is 3. The topological polar surface area (TPSA) is 86.7 Å². The highest BCUT2D eigenvalue weighted by atomic mass is 32.1. The summed E-state index contributed by atoms with van der Waals surface area (Å²) in [5.74, 6) is -0.304. The number of hydrogen-bond donors (Lipinski definition) is 0. The number of non-ortho nitro benzene ring substituents is 1. The molecule has 0 saturated carbocycles. The molecule has 0 radical (unpaired) electrons. The molecule has 0 aliphatic rings. The molecule has 0 spiro atoms. The second-order valence-electron chi connectivity index (χ2n) is 4.27. The maximum atomic E-state index is 11.2. The van der Waals surface area contributed by atoms with E-state index < -0.39 is 4.92 Å². The number of rotatable bonds is 5. The van der Waals surface area contributed by atoms with Crippen LogP contribution in [0.2, 0.25) is 0 Å². The molecule has 0 N–H and O–H groups in total. The van der Waals surface area contributed by atoms with Crippen LogP contribution in [0.25, 0.3) is 10.2 Å². The van der Waals surface area contributed by atoms with E-state index in [0.29, 0.717) is 30.1 Å². The number of aromatic nitrogens is 1. The Kier molecular flexibility index (Phi) is 4.81. The third-order valence-electron chi connectivity index (χ3n) is 2.79. The molecule has 0 saturated heterocycles. The molecule has 2 rings (SSSR count). The van der Waals surface area contributed by atoms with Gasteiger partial charge in [0, 0.05) is 32.2 Å². The minimum absolute atomic E-state index is 0.0137. The first-order chi connectivity index (χ1) is 10.0. The van der Waals surface area contributed by atoms with Crippen molar-refractivity contribution >= 4 is 33.1 Å². The number of nitro benzene ring substituents is 1. The van der Waals surface area contributed by atoms with Crippen molar-refractivity contribution in [3.63, 3.8) is 0 Å². The zero-order chi connectivity index (χ0) is 15.4. The average molecular weight is 309 g/mol. The van der Waals surface area contributed by atoms with Crippen molar-refractivity contribution in [2.24, 2.45) is 4.99 Å². The Balaban J connectivity index is 2.58. The molecule has 0 fully saturated rings. The van der Waals surface area contributed by atoms with Crippen LogP contribution in [0.5, 0.6) is 0 Å². The van der Waals surface area contributed by atoms with Crippen LogP contribution in [0.4, 0.5) is 5.69 Å². The number of thiazole rings is 1. The number of carbonyl (C=O) groups is 1. The van der Waals surface area contributed by atoms with E-state index in [1.54, 1.807) is 10.6 Å². The van der Waals surface area contributed by atoms with E-state index in [0.717, 1.165) is 4.70 Å². The maximum absolute atomic E-state index is 11.2. The molecule has 1 amide bonds. The van der Waals surface area contributed by atoms with Gasteiger partial charge in [-0.1, -0.05) is 11.3 Å². The van der Waals surface area contributed by atoms with Gasteiger partial charge < -0.3 is 9.30 Å². The van der Waals surface area contributed by atoms with Gasteiger partial charge >= 0.3 is 0 Å². The lowest BCUT2D eigenvalue weighted by molar-refractivity contribution is -0.384. The molecule has 0 aliphatic carbocycles. The summed E-state index contributed by atoms with van der Waals surface area (Å²) < 4.78 is 7.94. The van der Waals surface area contributed by atoms with E-state index in [9.17, 15) is 14.9 Å². The molecule has 0 bridgehead atoms. The van der Waals surface area contributed by atoms with Crippen LogP contribution in [-0.4, -0.2) is 28.6 Å². The van der Waals surface area contributed by atoms with Crippen molar-refractivity contribution in [1.29, 1.82) is 0 Å². The van der Waals surface area contributed by atoms with Gasteiger partial charge in [0.2, 0.25) is 5.91 Å². The number of hydrogen-bond acceptors (Lipinski definition) is 5. The molecule has 0 atom stereocenters. The Morgan fingerprint density at radius 3 is 2.90 bits per heavy atom. The molecular formula is C13H15N3O4S. The second-order valence-corrected chi connectivity index (χ2v) is 5.28. The Bertz CT molecular complexity index is 747. The van der Waals surface area contributed by atoms with Crippen molar-refractivity contribution in [2.75, 3.05) is 13.2 Å². The predicted molar refractivity (Wildman–Crippen MR) is 79.2 cm³/mol. The maximum Gasteiger partial charge on any atom is 0.271 e. The van der Waals surface area contributed by atoms with Crippen LogP contribution in [0, 0.1) is 10.1 Å². The van der Waals surface area contributed by atoms with E-state index in [-0.39, 0.29) is 11.6 Å². The number of amides is 1. The Morgan fingerprint density at radius 1 is 1.52 bits per heavy atom. The number of carbonyl (C=O) groups excluding carboxylic acids is 1. The molecule has 2 aromatic rings. The van der Waals surface area contributed by atoms with E-state index in [1.807, 2.05) is 6.92 Å². The third-order valence-corrected chi connectivity index (χ3v) is 3.85. The second kappa shape index (κ2) is 6.59. The normalized spacial score (nSPS) is 12.0. The van der Waals surface area contributed by atoms with Crippen LogP contribution in [0.15, 0.2) is 23.2 Å². The van der Waals surface area contributed by atoms with Gasteiger partial charge in [-0.3, -0.25) is 14.9 Å². The molecule has 1 aromatic carbocycles. The Morgan fingerprint density at radius 2 is 2.29 bits per heavy atom. The lowest BCUT2D eigenvalue weighted by atomic mass is 10.3. The van der Waals surface area contributed by atoms with E-state index in [2.05, 4.69) is 4.99 Å². The van der Waals surface area contributed by atoms with Crippen LogP contribution in [0.3, 0.4) is 0 Å². The third kappa shape index (κ3) is 3.53. The molecule has 8 heteroatoms. The van der Waals surface area contributed by atoms with Crippen LogP contribution >= 0.6 is 11.3 Å². The number of benzene rings is 1. The largest absolute Gasteiger partial charge is 0.380 e. The van der Waals surface area contributed by atoms with Crippen LogP contribution in [-0.2, 0) is 16.1 Å². The van der Waals surface area contributed by atoms with E-state index in [4.69, 9.17) is 4.74 Å². The van der Waals surface area contributed by atoms with Crippen molar-refractivity contribution in [3.05, 3.63) is 33.1 Å². The zero-order valence-corrected chi connectivity index (χ0v) is 12.6. The molecule has 1 aromatic heterocycles. The number of nitro groups is 1. The van der Waals surface area contributed by atoms with Gasteiger partial charge in [0.05, 0.1) is 21.7 Å². The predicted octanol–water partition coefficient (Wildman–Crippen LogP) is 2.09. The van der Waals surface area contributed by atoms with Gasteiger partial charge in [-0.05, 0) is 13.0 Å². The SMILES string of the molecule is CCOCCn1c(=NC(C)=O)sc2ccc([N+](=O)[O-])cc21. The first-order valence-corrected chi connectivity index (χ1v) is 7.25. The van der Waals surface area contributed by atoms with Gasteiger partial charge in [0.25, 0.3) is 5.69 Å². The molecule has 1 heterocycles. The van der Waals surface area contributed by atoms with E-state index in [1.165, 1.54) is 30.4 Å². The first kappa shape index (κ1) is 15.3. The minimum atomic E-state index is -0.439. The average Bonchev–Trinajstić information content (AvgIpc) is 2.75. The molecule has 0 aliphatic heterocycles. The summed E-state index contributed by atoms with van der Waals surface area (Å²) in [6.07, 6.45) is 0. The lowest BCUT2D eigenvalue weighted by Crippen LogP contribution is -2.19. The minimum Gasteiger partial charge on any atom is -0.380 e. The highest BCUT2D eigenvalue weighted by Crippen LogP contribution is 2.23. The highest BCUT2D eigenvalue weighted by molar-refractivity contribution is 7.16. The number of fused-ring (bicyclic) bond motifs is 1. The fourth-order valence-corrected chi connectivity index (χ4v) is 2.99. The van der Waals surface area contributed by atoms with Gasteiger partial charge in [0.15, 0.2) is 4.80 Å². The van der Waals surface area contributed by atoms with Crippen molar-refractivity contribution in [1.82, 2.24) is 4.57 Å². The van der Waals surface area contributed by atoms with Crippen LogP contribution in [0.1, 0.15) is 13.8 Å². The van der Waals surface area contributed by atoms with Gasteiger partial charge in [-0.2, -0.15) is 4.99 Å². The molecule has 7 nitrogen and oxygen atoms in total.